The van der Waals surface area contributed by atoms with Crippen molar-refractivity contribution in [2.24, 2.45) is 0 Å². The molecule has 1 amide bonds. The average Bonchev–Trinajstić information content (AvgIpc) is 3.73. The van der Waals surface area contributed by atoms with Gasteiger partial charge < -0.3 is 41.0 Å². The van der Waals surface area contributed by atoms with Gasteiger partial charge in [0.05, 0.1) is 74.6 Å². The smallest absolute Gasteiger partial charge is 0.411 e. The molecular weight excluding hydrogens is 903 g/mol. The second-order valence-corrected chi connectivity index (χ2v) is 15.4. The summed E-state index contributed by atoms with van der Waals surface area (Å²) in [6, 6.07) is 7.81. The number of fused-ring (bicyclic) bond motifs is 1. The fourth-order valence-corrected chi connectivity index (χ4v) is 7.05. The lowest BCUT2D eigenvalue weighted by molar-refractivity contribution is -0.394. The second kappa shape index (κ2) is 28.4. The Kier molecular flexibility index (Phi) is 25.8. The predicted molar refractivity (Wildman–Crippen MR) is 293 cm³/mol. The Labute approximate surface area is 422 Å². The molecule has 0 bridgehead atoms. The van der Waals surface area contributed by atoms with Gasteiger partial charge in [-0.2, -0.15) is 0 Å². The number of carbonyl (C=O) groups excluding carboxylic acids is 1. The normalized spacial score (nSPS) is 10.6. The van der Waals surface area contributed by atoms with Gasteiger partial charge in [0.15, 0.2) is 11.5 Å². The number of phenols is 2. The molecule has 5 rings (SSSR count). The zero-order valence-corrected chi connectivity index (χ0v) is 37.4. The van der Waals surface area contributed by atoms with E-state index in [4.69, 9.17) is 146 Å². The molecule has 0 spiro atoms. The summed E-state index contributed by atoms with van der Waals surface area (Å²) in [5, 5.41) is 41.5. The van der Waals surface area contributed by atoms with E-state index in [1.807, 2.05) is 6.07 Å². The molecule has 1 aliphatic heterocycles. The first kappa shape index (κ1) is 60.9. The van der Waals surface area contributed by atoms with Crippen LogP contribution in [0.3, 0.4) is 0 Å². The highest BCUT2D eigenvalue weighted by molar-refractivity contribution is 8.19. The molecule has 0 saturated heterocycles. The lowest BCUT2D eigenvalue weighted by atomic mass is 8.39. The summed E-state index contributed by atoms with van der Waals surface area (Å²) in [4.78, 5) is 39.4. The standard InChI is InChI=1S/C14H15ClN4O3.C6H3ClN2O5.C6H7ClN2O.CH4.B20/c1-21-14(20)18-9-4-11(15)13-12(5-9)19(2-3-22-13)7-10-6-16-8-17-10;7-4-1-3(8(11)12)2-5(6(4)10)9(13)14;7-4-1-3(8)2-5(9)6(4)10;;1-12(2)17(11)20(18(13(3)4)14(5)6)19(15(7)8)16(9)10/h4-6,8H,2-3,7H2,1H3,(H,16,17)(H,18,20);1-2,10H;1-2,10H,8-9H2;1H4;. The van der Waals surface area contributed by atoms with Crippen LogP contribution in [0.5, 0.6) is 17.2 Å². The quantitative estimate of drug-likeness (QED) is 0.0229. The molecule has 0 fully saturated rings. The molecule has 8 N–H and O–H groups in total. The first-order chi connectivity index (χ1) is 30.7. The fraction of sp³-hybridized carbons (Fsp3) is 0.185. The maximum atomic E-state index is 11.4. The lowest BCUT2D eigenvalue weighted by Crippen LogP contribution is -2.80. The lowest BCUT2D eigenvalue weighted by Gasteiger charge is -2.42. The Morgan fingerprint density at radius 3 is 1.84 bits per heavy atom. The van der Waals surface area contributed by atoms with Crippen molar-refractivity contribution < 1.29 is 34.3 Å². The number of rotatable bonds is 13. The zero-order chi connectivity index (χ0) is 50.3. The van der Waals surface area contributed by atoms with Crippen molar-refractivity contribution in [1.29, 1.82) is 0 Å². The number of aromatic nitrogens is 2. The Morgan fingerprint density at radius 2 is 1.39 bits per heavy atom. The van der Waals surface area contributed by atoms with Crippen molar-refractivity contribution in [1.82, 2.24) is 9.97 Å². The molecule has 3 aromatic carbocycles. The maximum absolute atomic E-state index is 11.4. The number of nitrogens with two attached hydrogens (primary N) is 2. The fourth-order valence-electron chi connectivity index (χ4n) is 6.34. The highest BCUT2D eigenvalue weighted by Gasteiger charge is 2.44. The molecular formula is C27H29B20Cl3N8O9. The Hall–Kier alpha value is -4.09. The number of halogens is 3. The van der Waals surface area contributed by atoms with Crippen LogP contribution in [0.2, 0.25) is 15.1 Å². The molecule has 312 valence electrons. The number of hydrogen-bond donors (Lipinski definition) is 6. The molecule has 67 heavy (non-hydrogen) atoms. The number of nitrogens with zero attached hydrogens (tertiary/aromatic N) is 4. The molecule has 1 aliphatic rings. The van der Waals surface area contributed by atoms with E-state index in [1.165, 1.54) is 19.2 Å². The molecule has 0 unspecified atom stereocenters. The van der Waals surface area contributed by atoms with Gasteiger partial charge in [-0.25, -0.2) is 9.78 Å². The second-order valence-electron chi connectivity index (χ2n) is 14.2. The summed E-state index contributed by atoms with van der Waals surface area (Å²) in [6.45, 7) is 1.91. The number of aromatic hydroxyl groups is 2. The number of nitro benzene ring substituents is 2. The summed E-state index contributed by atoms with van der Waals surface area (Å²) in [5.74, 6) is -0.277. The number of anilines is 4. The zero-order valence-electron chi connectivity index (χ0n) is 35.1. The largest absolute Gasteiger partial charge is 0.504 e. The number of ether oxygens (including phenoxy) is 2. The van der Waals surface area contributed by atoms with Crippen LogP contribution in [-0.4, -0.2) is 199 Å². The van der Waals surface area contributed by atoms with Crippen LogP contribution in [-0.2, 0) is 11.3 Å². The maximum Gasteiger partial charge on any atom is 0.411 e. The van der Waals surface area contributed by atoms with E-state index in [2.05, 4.69) is 24.9 Å². The molecule has 0 atom stereocenters. The van der Waals surface area contributed by atoms with Crippen LogP contribution in [0.4, 0.5) is 38.9 Å². The monoisotopic (exact) mass is 934 g/mol. The number of imidazole rings is 1. The number of H-pyrrole nitrogens is 1. The van der Waals surface area contributed by atoms with Crippen LogP contribution in [0.15, 0.2) is 48.9 Å². The van der Waals surface area contributed by atoms with E-state index in [0.717, 1.165) is 17.4 Å². The third-order valence-electron chi connectivity index (χ3n) is 9.43. The van der Waals surface area contributed by atoms with Gasteiger partial charge in [-0.05, 0) is 24.3 Å². The molecule has 1 aromatic heterocycles. The van der Waals surface area contributed by atoms with Crippen molar-refractivity contribution in [2.75, 3.05) is 41.9 Å². The van der Waals surface area contributed by atoms with E-state index in [9.17, 15) is 25.0 Å². The van der Waals surface area contributed by atoms with E-state index in [-0.39, 0.29) is 23.9 Å². The van der Waals surface area contributed by atoms with Gasteiger partial charge in [0.1, 0.15) is 6.61 Å². The van der Waals surface area contributed by atoms with E-state index in [1.54, 1.807) is 18.6 Å². The number of hydrogen-bond acceptors (Lipinski definition) is 13. The third-order valence-corrected chi connectivity index (χ3v) is 10.3. The number of nitro groups is 2. The number of nitrogen functional groups attached to an aromatic ring is 2. The molecule has 2 heterocycles. The van der Waals surface area contributed by atoms with Gasteiger partial charge in [0.2, 0.25) is 5.75 Å². The number of amides is 1. The minimum Gasteiger partial charge on any atom is -0.504 e. The van der Waals surface area contributed by atoms with E-state index in [0.29, 0.717) is 47.9 Å². The first-order valence-electron chi connectivity index (χ1n) is 18.9. The molecule has 22 radical (unpaired) electrons. The summed E-state index contributed by atoms with van der Waals surface area (Å²) in [7, 11) is 64.5. The van der Waals surface area contributed by atoms with Crippen molar-refractivity contribution >= 4 is 218 Å². The SMILES string of the molecule is C.COC(=O)Nc1cc(Cl)c2c(c1)N(Cc1cnc[nH]1)CCO2.Nc1cc(N)c(O)c(Cl)c1.O=[N+]([O-])c1cc(Cl)c(O)c([N+](=O)[O-])c1.[B]B([B])B([B])B(B(B([B])[B])B([B])[B])B(B([B])[B])B([B])[B]. The van der Waals surface area contributed by atoms with Crippen molar-refractivity contribution in [2.45, 2.75) is 14.0 Å². The van der Waals surface area contributed by atoms with Crippen LogP contribution >= 0.6 is 34.8 Å². The van der Waals surface area contributed by atoms with Gasteiger partial charge in [-0.15, -0.1) is 0 Å². The number of methoxy groups -OCH3 is 1. The van der Waals surface area contributed by atoms with Crippen molar-refractivity contribution in [3.8, 4) is 17.2 Å². The van der Waals surface area contributed by atoms with Crippen LogP contribution in [0, 0.1) is 20.2 Å². The summed E-state index contributed by atoms with van der Waals surface area (Å²) in [5.41, 5.74) is 12.3. The molecule has 17 nitrogen and oxygen atoms in total. The minimum atomic E-state index is -0.950. The number of phenolic OH excluding ortho intramolecular Hbond substituents is 2. The van der Waals surface area contributed by atoms with Crippen molar-refractivity contribution in [3.05, 3.63) is 89.9 Å². The average molecular weight is 932 g/mol. The molecule has 4 aromatic rings. The van der Waals surface area contributed by atoms with Gasteiger partial charge >= 0.3 is 11.8 Å². The number of nitrogens with one attached hydrogen (secondary N) is 2. The molecule has 0 saturated carbocycles. The van der Waals surface area contributed by atoms with Gasteiger partial charge in [0, 0.05) is 166 Å². The topological polar surface area (TPSA) is 258 Å². The van der Waals surface area contributed by atoms with Gasteiger partial charge in [-0.3, -0.25) is 25.5 Å². The number of carbonyl (C=O) groups is 1. The number of benzene rings is 3. The molecule has 0 aliphatic carbocycles. The van der Waals surface area contributed by atoms with Gasteiger partial charge in [-0.1, -0.05) is 42.2 Å². The Bertz CT molecular complexity index is 2200. The van der Waals surface area contributed by atoms with Crippen LogP contribution in [0.25, 0.3) is 0 Å². The summed E-state index contributed by atoms with van der Waals surface area (Å²) >= 11 is 17.1. The Balaban J connectivity index is 0.000000461. The highest BCUT2D eigenvalue weighted by atomic mass is 35.5. The van der Waals surface area contributed by atoms with Gasteiger partial charge in [0.25, 0.3) is 5.69 Å². The highest BCUT2D eigenvalue weighted by Crippen LogP contribution is 2.41. The van der Waals surface area contributed by atoms with E-state index < -0.39 is 95.6 Å². The van der Waals surface area contributed by atoms with Crippen LogP contribution < -0.4 is 26.4 Å². The third kappa shape index (κ3) is 18.1. The van der Waals surface area contributed by atoms with E-state index >= 15 is 0 Å². The predicted octanol–water partition coefficient (Wildman–Crippen LogP) is -1.27. The molecule has 40 heteroatoms. The minimum absolute atomic E-state index is 0. The Morgan fingerprint density at radius 1 is 0.836 bits per heavy atom. The number of aromatic amines is 1. The van der Waals surface area contributed by atoms with Crippen molar-refractivity contribution in [3.63, 3.8) is 0 Å². The van der Waals surface area contributed by atoms with Crippen LogP contribution in [0.1, 0.15) is 13.1 Å². The summed E-state index contributed by atoms with van der Waals surface area (Å²) in [6.07, 6.45) is -4.29. The number of non-ortho nitro benzene ring substituents is 1. The summed E-state index contributed by atoms with van der Waals surface area (Å²) < 4.78 is 10.2. The first-order valence-corrected chi connectivity index (χ1v) is 20.1.